The van der Waals surface area contributed by atoms with E-state index < -0.39 is 7.60 Å². The molecule has 0 amide bonds. The van der Waals surface area contributed by atoms with Gasteiger partial charge in [-0.05, 0) is 67.5 Å². The highest BCUT2D eigenvalue weighted by Gasteiger charge is 2.45. The van der Waals surface area contributed by atoms with Crippen LogP contribution < -0.4 is 5.32 Å². The molecule has 1 fully saturated rings. The molecule has 1 atom stereocenters. The largest absolute Gasteiger partial charge is 0.378 e. The standard InChI is InChI=1S/C21H27ClNO3P/c1-3-21(4-2)13-25-27(24,26-14-21)20-12-15-11-16(22)9-10-18(15)23-19-8-6-5-7-17(19)20/h7,9-12,19,23H,3-6,8,13-14H2,1-2H3. The molecule has 2 heterocycles. The van der Waals surface area contributed by atoms with Crippen LogP contribution in [0.1, 0.15) is 51.5 Å². The zero-order chi connectivity index (χ0) is 19.1. The second-order valence-electron chi connectivity index (χ2n) is 7.80. The van der Waals surface area contributed by atoms with Crippen LogP contribution >= 0.6 is 19.2 Å². The molecule has 27 heavy (non-hydrogen) atoms. The van der Waals surface area contributed by atoms with Crippen LogP contribution in [-0.4, -0.2) is 19.3 Å². The average Bonchev–Trinajstić information content (AvgIpc) is 2.86. The summed E-state index contributed by atoms with van der Waals surface area (Å²) in [5.74, 6) is 0. The number of benzene rings is 1. The van der Waals surface area contributed by atoms with Crippen LogP contribution in [0.2, 0.25) is 5.02 Å². The molecule has 3 aliphatic rings. The van der Waals surface area contributed by atoms with Crippen molar-refractivity contribution in [3.63, 3.8) is 0 Å². The Morgan fingerprint density at radius 1 is 1.26 bits per heavy atom. The normalized spacial score (nSPS) is 26.0. The van der Waals surface area contributed by atoms with E-state index in [1.54, 1.807) is 0 Å². The lowest BCUT2D eigenvalue weighted by atomic mass is 9.84. The van der Waals surface area contributed by atoms with Crippen molar-refractivity contribution < 1.29 is 13.6 Å². The van der Waals surface area contributed by atoms with E-state index in [4.69, 9.17) is 20.6 Å². The Hall–Kier alpha value is -1.06. The molecule has 1 unspecified atom stereocenters. The third kappa shape index (κ3) is 3.53. The molecule has 146 valence electrons. The van der Waals surface area contributed by atoms with Gasteiger partial charge in [0.15, 0.2) is 0 Å². The Morgan fingerprint density at radius 3 is 2.70 bits per heavy atom. The second kappa shape index (κ2) is 7.40. The maximum Gasteiger partial charge on any atom is 0.361 e. The van der Waals surface area contributed by atoms with Crippen LogP contribution in [0, 0.1) is 5.41 Å². The van der Waals surface area contributed by atoms with Gasteiger partial charge in [-0.25, -0.2) is 0 Å². The summed E-state index contributed by atoms with van der Waals surface area (Å²) in [4.78, 5) is 0. The van der Waals surface area contributed by atoms with Crippen molar-refractivity contribution in [3.8, 4) is 0 Å². The Kier molecular flexibility index (Phi) is 5.28. The van der Waals surface area contributed by atoms with Crippen molar-refractivity contribution in [2.45, 2.75) is 52.0 Å². The summed E-state index contributed by atoms with van der Waals surface area (Å²) >= 11 is 6.22. The van der Waals surface area contributed by atoms with Crippen molar-refractivity contribution in [2.75, 3.05) is 18.5 Å². The Bertz CT molecular complexity index is 830. The number of rotatable bonds is 3. The van der Waals surface area contributed by atoms with E-state index in [1.165, 1.54) is 0 Å². The van der Waals surface area contributed by atoms with Gasteiger partial charge in [0.2, 0.25) is 0 Å². The predicted octanol–water partition coefficient (Wildman–Crippen LogP) is 6.63. The molecule has 1 saturated heterocycles. The Labute approximate surface area is 166 Å². The van der Waals surface area contributed by atoms with Crippen LogP contribution in [0.25, 0.3) is 6.08 Å². The van der Waals surface area contributed by atoms with Crippen LogP contribution in [0.15, 0.2) is 35.2 Å². The molecule has 0 radical (unpaired) electrons. The molecular weight excluding hydrogens is 381 g/mol. The molecule has 0 bridgehead atoms. The van der Waals surface area contributed by atoms with Gasteiger partial charge in [-0.1, -0.05) is 31.5 Å². The third-order valence-corrected chi connectivity index (χ3v) is 8.39. The lowest BCUT2D eigenvalue weighted by molar-refractivity contribution is 0.0144. The van der Waals surface area contributed by atoms with Crippen molar-refractivity contribution in [1.29, 1.82) is 0 Å². The fourth-order valence-corrected chi connectivity index (χ4v) is 6.35. The summed E-state index contributed by atoms with van der Waals surface area (Å²) in [5.41, 5.74) is 2.95. The van der Waals surface area contributed by atoms with Crippen LogP contribution in [0.4, 0.5) is 5.69 Å². The molecule has 1 aromatic rings. The third-order valence-electron chi connectivity index (χ3n) is 6.24. The lowest BCUT2D eigenvalue weighted by Crippen LogP contribution is -2.35. The van der Waals surface area contributed by atoms with E-state index in [2.05, 4.69) is 25.2 Å². The first kappa shape index (κ1) is 19.3. The van der Waals surface area contributed by atoms with Gasteiger partial charge < -0.3 is 14.4 Å². The smallest absolute Gasteiger partial charge is 0.361 e. The van der Waals surface area contributed by atoms with Gasteiger partial charge in [-0.2, -0.15) is 0 Å². The molecule has 1 aromatic carbocycles. The van der Waals surface area contributed by atoms with Gasteiger partial charge in [0.1, 0.15) is 0 Å². The lowest BCUT2D eigenvalue weighted by Gasteiger charge is -2.40. The molecule has 0 saturated carbocycles. The number of hydrogen-bond donors (Lipinski definition) is 1. The first-order valence-corrected chi connectivity index (χ1v) is 11.8. The first-order valence-electron chi connectivity index (χ1n) is 9.86. The molecule has 1 N–H and O–H groups in total. The highest BCUT2D eigenvalue weighted by Crippen LogP contribution is 2.64. The van der Waals surface area contributed by atoms with Crippen LogP contribution in [-0.2, 0) is 13.6 Å². The molecule has 0 aromatic heterocycles. The predicted molar refractivity (Wildman–Crippen MR) is 111 cm³/mol. The van der Waals surface area contributed by atoms with Crippen molar-refractivity contribution in [1.82, 2.24) is 0 Å². The minimum atomic E-state index is -3.37. The molecule has 1 aliphatic carbocycles. The SMILES string of the molecule is CCC1(CC)COP(=O)(C2=Cc3cc(Cl)ccc3NC3CCCC=C23)OC1. The highest BCUT2D eigenvalue weighted by atomic mass is 35.5. The van der Waals surface area contributed by atoms with E-state index in [9.17, 15) is 4.57 Å². The van der Waals surface area contributed by atoms with Crippen molar-refractivity contribution >= 4 is 31.0 Å². The van der Waals surface area contributed by atoms with Crippen molar-refractivity contribution in [2.24, 2.45) is 5.41 Å². The zero-order valence-electron chi connectivity index (χ0n) is 16.0. The molecule has 4 rings (SSSR count). The van der Waals surface area contributed by atoms with Crippen molar-refractivity contribution in [3.05, 3.63) is 45.7 Å². The number of hydrogen-bond acceptors (Lipinski definition) is 4. The number of anilines is 1. The fourth-order valence-electron chi connectivity index (χ4n) is 4.07. The Balaban J connectivity index is 1.76. The van der Waals surface area contributed by atoms with E-state index in [-0.39, 0.29) is 11.5 Å². The van der Waals surface area contributed by atoms with Gasteiger partial charge in [0.25, 0.3) is 0 Å². The minimum Gasteiger partial charge on any atom is -0.378 e. The van der Waals surface area contributed by atoms with Gasteiger partial charge in [0.05, 0.1) is 24.6 Å². The number of fused-ring (bicyclic) bond motifs is 2. The maximum atomic E-state index is 13.8. The van der Waals surface area contributed by atoms with E-state index >= 15 is 0 Å². The van der Waals surface area contributed by atoms with Gasteiger partial charge in [-0.15, -0.1) is 0 Å². The van der Waals surface area contributed by atoms with Gasteiger partial charge in [-0.3, -0.25) is 4.57 Å². The summed E-state index contributed by atoms with van der Waals surface area (Å²) in [7, 11) is -3.37. The van der Waals surface area contributed by atoms with E-state index in [0.29, 0.717) is 23.6 Å². The summed E-state index contributed by atoms with van der Waals surface area (Å²) in [6.45, 7) is 5.23. The summed E-state index contributed by atoms with van der Waals surface area (Å²) < 4.78 is 25.8. The Morgan fingerprint density at radius 2 is 2.00 bits per heavy atom. The second-order valence-corrected chi connectivity index (χ2v) is 10.2. The minimum absolute atomic E-state index is 0.0426. The zero-order valence-corrected chi connectivity index (χ0v) is 17.6. The summed E-state index contributed by atoms with van der Waals surface area (Å²) in [6, 6.07) is 5.89. The number of halogens is 1. The van der Waals surface area contributed by atoms with Gasteiger partial charge >= 0.3 is 7.60 Å². The molecule has 2 aliphatic heterocycles. The molecular formula is C21H27ClNO3P. The topological polar surface area (TPSA) is 47.6 Å². The maximum absolute atomic E-state index is 13.8. The average molecular weight is 408 g/mol. The van der Waals surface area contributed by atoms with E-state index in [0.717, 1.165) is 48.9 Å². The first-order chi connectivity index (χ1) is 13.0. The van der Waals surface area contributed by atoms with Crippen LogP contribution in [0.3, 0.4) is 0 Å². The highest BCUT2D eigenvalue weighted by molar-refractivity contribution is 7.59. The van der Waals surface area contributed by atoms with Gasteiger partial charge in [0, 0.05) is 16.1 Å². The summed E-state index contributed by atoms with van der Waals surface area (Å²) in [5, 5.41) is 4.96. The molecule has 4 nitrogen and oxygen atoms in total. The monoisotopic (exact) mass is 407 g/mol. The van der Waals surface area contributed by atoms with Crippen LogP contribution in [0.5, 0.6) is 0 Å². The fraction of sp³-hybridized carbons (Fsp3) is 0.524. The summed E-state index contributed by atoms with van der Waals surface area (Å²) in [6.07, 6.45) is 9.14. The quantitative estimate of drug-likeness (QED) is 0.571. The molecule has 6 heteroatoms. The number of allylic oxidation sites excluding steroid dienone is 1. The van der Waals surface area contributed by atoms with E-state index in [1.807, 2.05) is 24.3 Å². The number of nitrogens with one attached hydrogen (secondary N) is 1. The molecule has 0 spiro atoms.